The predicted octanol–water partition coefficient (Wildman–Crippen LogP) is 5.58. The van der Waals surface area contributed by atoms with Crippen molar-refractivity contribution >= 4 is 51.9 Å². The number of ether oxygens (including phenoxy) is 2. The molecule has 3 aromatic rings. The number of phenolic OH excluding ortho intramolecular Hbond substituents is 1. The van der Waals surface area contributed by atoms with Gasteiger partial charge in [0.05, 0.1) is 10.2 Å². The van der Waals surface area contributed by atoms with Gasteiger partial charge >= 0.3 is 0 Å². The van der Waals surface area contributed by atoms with Gasteiger partial charge in [-0.25, -0.2) is 0 Å². The number of nitrogens with one attached hydrogen (secondary N) is 2. The summed E-state index contributed by atoms with van der Waals surface area (Å²) in [6, 6.07) is 17.0. The maximum Gasteiger partial charge on any atom is 0.266 e. The number of nitriles is 1. The van der Waals surface area contributed by atoms with E-state index in [1.807, 2.05) is 45.0 Å². The molecule has 8 nitrogen and oxygen atoms in total. The van der Waals surface area contributed by atoms with Gasteiger partial charge in [-0.2, -0.15) is 5.26 Å². The molecule has 0 aliphatic carbocycles. The van der Waals surface area contributed by atoms with Crippen molar-refractivity contribution in [1.29, 1.82) is 5.26 Å². The van der Waals surface area contributed by atoms with Crippen LogP contribution in [0.2, 0.25) is 0 Å². The fourth-order valence-corrected chi connectivity index (χ4v) is 4.11. The number of aryl methyl sites for hydroxylation is 2. The monoisotopic (exact) mass is 611 g/mol. The molecular formula is C28H26IN3O5. The largest absolute Gasteiger partial charge is 0.508 e. The Kier molecular flexibility index (Phi) is 9.51. The van der Waals surface area contributed by atoms with Crippen molar-refractivity contribution < 1.29 is 24.2 Å². The maximum absolute atomic E-state index is 12.6. The number of nitrogens with zero attached hydrogens (tertiary/aromatic N) is 1. The van der Waals surface area contributed by atoms with E-state index in [-0.39, 0.29) is 23.8 Å². The van der Waals surface area contributed by atoms with E-state index < -0.39 is 5.91 Å². The molecule has 3 aromatic carbocycles. The second-order valence-corrected chi connectivity index (χ2v) is 9.25. The molecule has 37 heavy (non-hydrogen) atoms. The zero-order chi connectivity index (χ0) is 26.9. The summed E-state index contributed by atoms with van der Waals surface area (Å²) < 4.78 is 12.2. The molecular weight excluding hydrogens is 585 g/mol. The Morgan fingerprint density at radius 1 is 1.05 bits per heavy atom. The van der Waals surface area contributed by atoms with Crippen LogP contribution >= 0.6 is 22.6 Å². The van der Waals surface area contributed by atoms with Gasteiger partial charge in [0, 0.05) is 11.4 Å². The highest BCUT2D eigenvalue weighted by Gasteiger charge is 2.16. The highest BCUT2D eigenvalue weighted by atomic mass is 127. The van der Waals surface area contributed by atoms with Crippen LogP contribution in [0.4, 0.5) is 11.4 Å². The fraction of sp³-hybridized carbons (Fsp3) is 0.179. The minimum Gasteiger partial charge on any atom is -0.508 e. The van der Waals surface area contributed by atoms with E-state index in [2.05, 4.69) is 33.2 Å². The van der Waals surface area contributed by atoms with E-state index in [1.54, 1.807) is 12.1 Å². The molecule has 0 bridgehead atoms. The number of phenols is 1. The van der Waals surface area contributed by atoms with Gasteiger partial charge in [-0.1, -0.05) is 12.1 Å². The summed E-state index contributed by atoms with van der Waals surface area (Å²) in [6.45, 7) is 5.81. The van der Waals surface area contributed by atoms with Crippen LogP contribution in [-0.4, -0.2) is 30.1 Å². The Labute approximate surface area is 229 Å². The van der Waals surface area contributed by atoms with Crippen molar-refractivity contribution in [3.8, 4) is 23.3 Å². The quantitative estimate of drug-likeness (QED) is 0.126. The van der Waals surface area contributed by atoms with Gasteiger partial charge in [0.2, 0.25) is 0 Å². The number of rotatable bonds is 9. The third kappa shape index (κ3) is 7.72. The van der Waals surface area contributed by atoms with Crippen LogP contribution in [0.3, 0.4) is 0 Å². The lowest BCUT2D eigenvalue weighted by molar-refractivity contribution is -0.118. The number of carbonyl (C=O) groups is 2. The molecule has 3 rings (SSSR count). The number of anilines is 2. The van der Waals surface area contributed by atoms with Gasteiger partial charge in [0.25, 0.3) is 11.8 Å². The molecule has 0 aliphatic rings. The number of carbonyl (C=O) groups excluding carboxylic acids is 2. The Balaban J connectivity index is 1.77. The zero-order valence-corrected chi connectivity index (χ0v) is 22.8. The smallest absolute Gasteiger partial charge is 0.266 e. The van der Waals surface area contributed by atoms with Crippen LogP contribution in [-0.2, 0) is 9.59 Å². The van der Waals surface area contributed by atoms with Gasteiger partial charge in [-0.05, 0) is 109 Å². The van der Waals surface area contributed by atoms with Crippen molar-refractivity contribution in [2.45, 2.75) is 20.8 Å². The Hall–Kier alpha value is -4.04. The average Bonchev–Trinajstić information content (AvgIpc) is 2.85. The molecule has 2 amide bonds. The van der Waals surface area contributed by atoms with E-state index in [1.165, 1.54) is 30.3 Å². The third-order valence-corrected chi connectivity index (χ3v) is 5.95. The lowest BCUT2D eigenvalue weighted by Gasteiger charge is -2.15. The van der Waals surface area contributed by atoms with Crippen molar-refractivity contribution in [1.82, 2.24) is 0 Å². The van der Waals surface area contributed by atoms with E-state index in [9.17, 15) is 20.0 Å². The molecule has 0 atom stereocenters. The number of halogens is 1. The van der Waals surface area contributed by atoms with E-state index in [0.29, 0.717) is 32.9 Å². The third-order valence-electron chi connectivity index (χ3n) is 5.15. The summed E-state index contributed by atoms with van der Waals surface area (Å²) in [7, 11) is 0. The topological polar surface area (TPSA) is 121 Å². The molecule has 0 saturated heterocycles. The Bertz CT molecular complexity index is 1380. The number of hydrogen-bond acceptors (Lipinski definition) is 6. The van der Waals surface area contributed by atoms with Crippen LogP contribution in [0.25, 0.3) is 6.08 Å². The van der Waals surface area contributed by atoms with Gasteiger partial charge in [-0.15, -0.1) is 0 Å². The van der Waals surface area contributed by atoms with Crippen LogP contribution in [0, 0.1) is 28.7 Å². The number of hydrogen-bond donors (Lipinski definition) is 3. The average molecular weight is 611 g/mol. The number of benzene rings is 3. The normalized spacial score (nSPS) is 10.8. The fourth-order valence-electron chi connectivity index (χ4n) is 3.33. The molecule has 190 valence electrons. The first-order valence-electron chi connectivity index (χ1n) is 11.4. The highest BCUT2D eigenvalue weighted by molar-refractivity contribution is 14.1. The lowest BCUT2D eigenvalue weighted by atomic mass is 10.1. The summed E-state index contributed by atoms with van der Waals surface area (Å²) in [6.07, 6.45) is 1.44. The molecule has 0 unspecified atom stereocenters. The summed E-state index contributed by atoms with van der Waals surface area (Å²) in [4.78, 5) is 25.1. The summed E-state index contributed by atoms with van der Waals surface area (Å²) in [5.74, 6) is -0.0606. The van der Waals surface area contributed by atoms with Crippen LogP contribution < -0.4 is 20.1 Å². The van der Waals surface area contributed by atoms with Crippen LogP contribution in [0.15, 0.2) is 60.2 Å². The molecule has 0 aromatic heterocycles. The molecule has 0 aliphatic heterocycles. The minimum atomic E-state index is -0.593. The zero-order valence-electron chi connectivity index (χ0n) is 20.6. The van der Waals surface area contributed by atoms with Crippen molar-refractivity contribution in [2.24, 2.45) is 0 Å². The summed E-state index contributed by atoms with van der Waals surface area (Å²) >= 11 is 2.06. The van der Waals surface area contributed by atoms with Crippen LogP contribution in [0.1, 0.15) is 23.6 Å². The summed E-state index contributed by atoms with van der Waals surface area (Å²) in [5, 5.41) is 24.4. The van der Waals surface area contributed by atoms with E-state index in [4.69, 9.17) is 9.47 Å². The molecule has 3 N–H and O–H groups in total. The van der Waals surface area contributed by atoms with Gasteiger partial charge < -0.3 is 25.2 Å². The first kappa shape index (κ1) is 27.5. The predicted molar refractivity (Wildman–Crippen MR) is 151 cm³/mol. The number of aromatic hydroxyl groups is 1. The molecule has 0 saturated carbocycles. The molecule has 0 fully saturated rings. The van der Waals surface area contributed by atoms with Crippen LogP contribution in [0.5, 0.6) is 17.2 Å². The molecule has 0 spiro atoms. The first-order valence-corrected chi connectivity index (χ1v) is 12.5. The van der Waals surface area contributed by atoms with Crippen molar-refractivity contribution in [3.05, 3.63) is 80.4 Å². The minimum absolute atomic E-state index is 0.0668. The number of amides is 2. The first-order chi connectivity index (χ1) is 17.7. The highest BCUT2D eigenvalue weighted by Crippen LogP contribution is 2.35. The standard InChI is InChI=1S/C28H26IN3O5/c1-4-36-25-14-19(12-20(15-30)28(35)31-21-7-9-22(33)10-8-21)13-23(29)27(25)37-16-26(34)32-24-11-17(2)5-6-18(24)3/h5-14,33H,4,16H2,1-3H3,(H,31,35)(H,32,34)/b20-12+. The van der Waals surface area contributed by atoms with Gasteiger partial charge in [-0.3, -0.25) is 9.59 Å². The molecule has 0 radical (unpaired) electrons. The van der Waals surface area contributed by atoms with Crippen molar-refractivity contribution in [2.75, 3.05) is 23.8 Å². The molecule has 9 heteroatoms. The summed E-state index contributed by atoms with van der Waals surface area (Å²) in [5.41, 5.74) is 3.58. The van der Waals surface area contributed by atoms with Gasteiger partial charge in [0.1, 0.15) is 17.4 Å². The van der Waals surface area contributed by atoms with Crippen molar-refractivity contribution in [3.63, 3.8) is 0 Å². The Morgan fingerprint density at radius 2 is 1.78 bits per heavy atom. The SMILES string of the molecule is CCOc1cc(/C=C(\C#N)C(=O)Nc2ccc(O)cc2)cc(I)c1OCC(=O)Nc1cc(C)ccc1C. The maximum atomic E-state index is 12.6. The van der Waals surface area contributed by atoms with E-state index >= 15 is 0 Å². The second kappa shape index (κ2) is 12.8. The Morgan fingerprint density at radius 3 is 2.46 bits per heavy atom. The molecule has 0 heterocycles. The van der Waals surface area contributed by atoms with E-state index in [0.717, 1.165) is 16.8 Å². The second-order valence-electron chi connectivity index (χ2n) is 8.09. The lowest BCUT2D eigenvalue weighted by Crippen LogP contribution is -2.21. The van der Waals surface area contributed by atoms with Gasteiger partial charge in [0.15, 0.2) is 18.1 Å².